The maximum Gasteiger partial charge on any atom is 0.472 e. The van der Waals surface area contributed by atoms with Crippen LogP contribution in [0.3, 0.4) is 0 Å². The largest absolute Gasteiger partial charge is 0.472 e. The lowest BCUT2D eigenvalue weighted by Gasteiger charge is -2.29. The minimum absolute atomic E-state index is 0.0278. The minimum atomic E-state index is -5.36. The van der Waals surface area contributed by atoms with Crippen molar-refractivity contribution in [3.8, 4) is 0 Å². The van der Waals surface area contributed by atoms with Gasteiger partial charge in [0.1, 0.15) is 49.0 Å². The third-order valence-corrected chi connectivity index (χ3v) is 16.1. The first-order chi connectivity index (χ1) is 39.3. The molecule has 35 heteroatoms. The lowest BCUT2D eigenvalue weighted by Crippen LogP contribution is -2.48. The molecule has 0 bridgehead atoms. The summed E-state index contributed by atoms with van der Waals surface area (Å²) in [4.78, 5) is 146. The van der Waals surface area contributed by atoms with Crippen LogP contribution in [0.2, 0.25) is 0 Å². The summed E-state index contributed by atoms with van der Waals surface area (Å²) in [6, 6.07) is 3.77. The van der Waals surface area contributed by atoms with Crippen molar-refractivity contribution in [2.75, 3.05) is 31.2 Å². The normalized spacial score (nSPS) is 27.2. The van der Waals surface area contributed by atoms with Gasteiger partial charge in [-0.25, -0.2) is 23.9 Å². The zero-order valence-electron chi connectivity index (χ0n) is 44.5. The molecule has 3 fully saturated rings. The summed E-state index contributed by atoms with van der Waals surface area (Å²) < 4.78 is 69.1. The van der Waals surface area contributed by atoms with E-state index in [0.717, 1.165) is 26.7 Å². The molecule has 83 heavy (non-hydrogen) atoms. The molecular weight excluding hydrogens is 1140 g/mol. The Balaban J connectivity index is 0.835. The molecule has 3 saturated heterocycles. The van der Waals surface area contributed by atoms with Gasteiger partial charge in [-0.3, -0.25) is 75.7 Å². The summed E-state index contributed by atoms with van der Waals surface area (Å²) in [5.74, 6) is -3.24. The van der Waals surface area contributed by atoms with E-state index in [1.807, 2.05) is 0 Å². The Bertz CT molecular complexity index is 3550. The van der Waals surface area contributed by atoms with Crippen molar-refractivity contribution in [2.45, 2.75) is 121 Å². The molecule has 12 atom stereocenters. The number of aliphatic hydroxyl groups excluding tert-OH is 1. The number of hydrogen-bond donors (Lipinski definition) is 9. The number of aromatic amines is 2. The molecule has 1 aromatic carbocycles. The van der Waals surface area contributed by atoms with E-state index < -0.39 is 120 Å². The number of nitrogens with zero attached hydrogens (tertiary/aromatic N) is 7. The number of carbonyl (C=O) groups is 6. The summed E-state index contributed by atoms with van der Waals surface area (Å²) in [6.45, 7) is 3.04. The van der Waals surface area contributed by atoms with Crippen LogP contribution in [-0.2, 0) is 78.4 Å². The van der Waals surface area contributed by atoms with Crippen LogP contribution >= 0.6 is 15.6 Å². The Labute approximate surface area is 468 Å². The smallest absolute Gasteiger partial charge is 0.445 e. The number of nitrogens with two attached hydrogens (primary N) is 2. The van der Waals surface area contributed by atoms with E-state index in [0.29, 0.717) is 30.4 Å². The van der Waals surface area contributed by atoms with Crippen molar-refractivity contribution in [1.82, 2.24) is 54.6 Å². The number of rotatable bonds is 19. The maximum atomic E-state index is 13.9. The summed E-state index contributed by atoms with van der Waals surface area (Å²) in [6.07, 6.45) is -6.93. The molecule has 9 rings (SSSR count). The highest BCUT2D eigenvalue weighted by Gasteiger charge is 2.55. The molecule has 4 amide bonds. The molecule has 33 nitrogen and oxygen atoms in total. The lowest BCUT2D eigenvalue weighted by atomic mass is 9.88. The van der Waals surface area contributed by atoms with Crippen LogP contribution < -0.4 is 33.2 Å². The average Bonchev–Trinajstić information content (AvgIpc) is 3.74. The number of imide groups is 1. The fourth-order valence-corrected chi connectivity index (χ4v) is 11.7. The van der Waals surface area contributed by atoms with Crippen LogP contribution in [0.15, 0.2) is 58.7 Å². The molecule has 4 aromatic heterocycles. The third-order valence-electron chi connectivity index (χ3n) is 14.1. The Morgan fingerprint density at radius 1 is 0.783 bits per heavy atom. The van der Waals surface area contributed by atoms with Gasteiger partial charge in [-0.05, 0) is 36.8 Å². The van der Waals surface area contributed by atoms with Gasteiger partial charge >= 0.3 is 21.7 Å². The van der Waals surface area contributed by atoms with Gasteiger partial charge in [0.05, 0.1) is 31.9 Å². The van der Waals surface area contributed by atoms with Gasteiger partial charge in [-0.2, -0.15) is 9.97 Å². The number of alkyl carbamates (subject to hydrolysis) is 1. The second-order valence-electron chi connectivity index (χ2n) is 20.3. The first-order valence-electron chi connectivity index (χ1n) is 26.0. The molecule has 0 spiro atoms. The fourth-order valence-electron chi connectivity index (χ4n) is 9.80. The molecule has 4 aliphatic rings. The maximum absolute atomic E-state index is 13.9. The number of carbonyl (C=O) groups excluding carboxylic acids is 6. The highest BCUT2D eigenvalue weighted by Crippen LogP contribution is 2.54. The number of fused-ring (bicyclic) bond motifs is 4. The summed E-state index contributed by atoms with van der Waals surface area (Å²) in [7, 11) is -10.7. The molecular formula is C48H59N13O20P2. The quantitative estimate of drug-likeness (QED) is 0.0303. The predicted octanol–water partition coefficient (Wildman–Crippen LogP) is 0.219. The Morgan fingerprint density at radius 3 is 1.92 bits per heavy atom. The number of phosphoric acid groups is 2. The number of hydrogen-bond acceptors (Lipinski definition) is 24. The second kappa shape index (κ2) is 24.8. The number of aliphatic hydroxyl groups is 1. The van der Waals surface area contributed by atoms with Crippen LogP contribution in [0.25, 0.3) is 22.3 Å². The molecule has 4 unspecified atom stereocenters. The molecule has 0 radical (unpaired) electrons. The summed E-state index contributed by atoms with van der Waals surface area (Å²) in [5.41, 5.74) is 10.2. The van der Waals surface area contributed by atoms with Crippen molar-refractivity contribution >= 4 is 85.3 Å². The predicted molar refractivity (Wildman–Crippen MR) is 282 cm³/mol. The number of amides is 4. The van der Waals surface area contributed by atoms with Crippen LogP contribution in [0, 0.1) is 11.8 Å². The Hall–Kier alpha value is -7.42. The highest BCUT2D eigenvalue weighted by atomic mass is 31.2. The van der Waals surface area contributed by atoms with Gasteiger partial charge in [0.15, 0.2) is 40.6 Å². The molecule has 0 saturated carbocycles. The fraction of sp³-hybridized carbons (Fsp3) is 0.500. The Morgan fingerprint density at radius 2 is 1.33 bits per heavy atom. The number of aromatic nitrogens is 8. The molecule has 446 valence electrons. The lowest BCUT2D eigenvalue weighted by molar-refractivity contribution is -0.137. The summed E-state index contributed by atoms with van der Waals surface area (Å²) >= 11 is 0. The number of H-pyrrole nitrogens is 2. The Kier molecular flexibility index (Phi) is 18.0. The number of benzene rings is 1. The van der Waals surface area contributed by atoms with Crippen LogP contribution in [0.1, 0.15) is 76.5 Å². The molecule has 5 aromatic rings. The molecule has 4 aliphatic heterocycles. The number of Topliss-reactive ketones (excluding diaryl/α,β-unsaturated/α-hetero) is 2. The van der Waals surface area contributed by atoms with Gasteiger partial charge in [0.2, 0.25) is 17.8 Å². The monoisotopic (exact) mass is 1200 g/mol. The van der Waals surface area contributed by atoms with Crippen molar-refractivity contribution in [3.05, 3.63) is 80.9 Å². The standard InChI is InChI=1S/C48H59N13O20P2/c1-22(2)27(16-26(62)7-5-4-6-14-59-31(64)12-13-32(59)65)41(67)53-23(3)28(63)15-24-8-10-25(11-9-24)17-75-48(70)54-33-37-29(78-44(33)60-20-51-34-39(60)55-46(49)57-42(34)68)18-76-83(73,74)81-38-30(19-77-82(71,72)80-37)79-45(36(38)66)61-21-52-35-40(61)56-47(50)58-43(35)69/h8-13,20-23,27,29-30,33,36-38,44-45,66H,4-7,14-19H2,1-3H3,(H,53,67)(H,54,70)(H,71,72)(H,73,74)(H3,49,55,57,68)(H3,50,56,58,69)/t23-,27-,29+,30+,33-,36?,37?,38-,44+,45+/m0/s1. The van der Waals surface area contributed by atoms with E-state index in [1.54, 1.807) is 38.1 Å². The number of nitrogens with one attached hydrogen (secondary N) is 4. The van der Waals surface area contributed by atoms with Crippen molar-refractivity contribution in [3.63, 3.8) is 0 Å². The van der Waals surface area contributed by atoms with E-state index in [2.05, 4.69) is 40.5 Å². The SMILES string of the molecule is CC(C)[C@H](CC(=O)CCCCCN1C(=O)C=CC1=O)C(=O)N[C@@H](C)C(=O)Cc1ccc(COC(=O)N[C@H]2C3OP(=O)(O)OC[C@H]4O[C@@H](n5cnc6c(=O)[nH]c(N)nc65)C(O)[C@H]4OP(=O)(O)OC[C@H]3O[C@H]2n2cnc3c(=O)[nH]c(N)nc32)cc1. The van der Waals surface area contributed by atoms with Crippen LogP contribution in [-0.4, -0.2) is 157 Å². The highest BCUT2D eigenvalue weighted by molar-refractivity contribution is 7.47. The zero-order chi connectivity index (χ0) is 59.7. The number of imidazole rings is 2. The molecule has 0 aliphatic carbocycles. The minimum Gasteiger partial charge on any atom is -0.445 e. The first-order valence-corrected chi connectivity index (χ1v) is 29.0. The van der Waals surface area contributed by atoms with Gasteiger partial charge in [-0.1, -0.05) is 44.5 Å². The van der Waals surface area contributed by atoms with E-state index in [4.69, 9.17) is 43.8 Å². The number of ketones is 2. The van der Waals surface area contributed by atoms with E-state index in [1.165, 1.54) is 19.1 Å². The van der Waals surface area contributed by atoms with Crippen LogP contribution in [0.4, 0.5) is 16.7 Å². The van der Waals surface area contributed by atoms with Crippen LogP contribution in [0.5, 0.6) is 0 Å². The van der Waals surface area contributed by atoms with Gasteiger partial charge in [0.25, 0.3) is 22.9 Å². The van der Waals surface area contributed by atoms with Crippen molar-refractivity contribution in [1.29, 1.82) is 0 Å². The number of phosphoric ester groups is 2. The van der Waals surface area contributed by atoms with Gasteiger partial charge in [-0.15, -0.1) is 0 Å². The number of anilines is 2. The van der Waals surface area contributed by atoms with E-state index in [9.17, 15) is 62.4 Å². The van der Waals surface area contributed by atoms with Gasteiger partial charge < -0.3 is 51.2 Å². The van der Waals surface area contributed by atoms with Crippen molar-refractivity contribution < 1.29 is 85.1 Å². The van der Waals surface area contributed by atoms with E-state index >= 15 is 0 Å². The molecule has 8 heterocycles. The third kappa shape index (κ3) is 13.8. The number of ether oxygens (including phenoxy) is 3. The van der Waals surface area contributed by atoms with E-state index in [-0.39, 0.29) is 89.3 Å². The average molecular weight is 1200 g/mol. The zero-order valence-corrected chi connectivity index (χ0v) is 46.3. The second-order valence-corrected chi connectivity index (χ2v) is 23.2. The van der Waals surface area contributed by atoms with Gasteiger partial charge in [0, 0.05) is 43.9 Å². The number of nitrogen functional groups attached to an aromatic ring is 2. The first kappa shape index (κ1) is 60.2. The summed E-state index contributed by atoms with van der Waals surface area (Å²) in [5, 5.41) is 16.7. The number of unbranched alkanes of at least 4 members (excludes halogenated alkanes) is 2. The topological polar surface area (TPSA) is 468 Å². The molecule has 11 N–H and O–H groups in total. The van der Waals surface area contributed by atoms with Crippen molar-refractivity contribution in [2.24, 2.45) is 11.8 Å².